The Morgan fingerprint density at radius 1 is 1.40 bits per heavy atom. The fourth-order valence-electron chi connectivity index (χ4n) is 2.20. The molecule has 0 spiro atoms. The van der Waals surface area contributed by atoms with E-state index in [1.807, 2.05) is 26.0 Å². The van der Waals surface area contributed by atoms with Gasteiger partial charge in [0.05, 0.1) is 6.61 Å². The fraction of sp³-hybridized carbons (Fsp3) is 0.500. The van der Waals surface area contributed by atoms with Gasteiger partial charge in [-0.25, -0.2) is 0 Å². The molecule has 0 radical (unpaired) electrons. The molecule has 1 aliphatic heterocycles. The van der Waals surface area contributed by atoms with Crippen molar-refractivity contribution in [3.8, 4) is 5.75 Å². The van der Waals surface area contributed by atoms with E-state index < -0.39 is 5.60 Å². The van der Waals surface area contributed by atoms with Crippen molar-refractivity contribution in [3.05, 3.63) is 28.8 Å². The Bertz CT molecular complexity index is 389. The van der Waals surface area contributed by atoms with Gasteiger partial charge in [-0.05, 0) is 25.0 Å². The van der Waals surface area contributed by atoms with Gasteiger partial charge in [0.25, 0.3) is 0 Å². The van der Waals surface area contributed by atoms with Gasteiger partial charge in [-0.15, -0.1) is 0 Å². The highest BCUT2D eigenvalue weighted by Crippen LogP contribution is 2.40. The lowest BCUT2D eigenvalue weighted by Gasteiger charge is -2.35. The van der Waals surface area contributed by atoms with Crippen molar-refractivity contribution in [2.24, 2.45) is 5.73 Å². The van der Waals surface area contributed by atoms with Crippen LogP contribution in [0.3, 0.4) is 0 Å². The van der Waals surface area contributed by atoms with Crippen molar-refractivity contribution in [1.29, 1.82) is 0 Å². The summed E-state index contributed by atoms with van der Waals surface area (Å²) in [6, 6.07) is 4.01. The average Bonchev–Trinajstić information content (AvgIpc) is 2.24. The minimum Gasteiger partial charge on any atom is -0.493 e. The van der Waals surface area contributed by atoms with Gasteiger partial charge >= 0.3 is 0 Å². The van der Waals surface area contributed by atoms with Gasteiger partial charge in [0.2, 0.25) is 0 Å². The Balaban J connectivity index is 2.65. The predicted octanol–water partition coefficient (Wildman–Crippen LogP) is 1.23. The molecule has 3 N–H and O–H groups in total. The standard InChI is InChI=1S/C12H17NO2/c1-8-3-4-9(2)11-10(8)12(14,7-13)5-6-15-11/h3-4,14H,5-7,13H2,1-2H3. The highest BCUT2D eigenvalue weighted by molar-refractivity contribution is 5.50. The normalized spacial score (nSPS) is 24.5. The number of hydrogen-bond donors (Lipinski definition) is 2. The van der Waals surface area contributed by atoms with Gasteiger partial charge in [0.15, 0.2) is 0 Å². The molecule has 0 aliphatic carbocycles. The van der Waals surface area contributed by atoms with Crippen LogP contribution >= 0.6 is 0 Å². The maximum atomic E-state index is 10.4. The van der Waals surface area contributed by atoms with Crippen LogP contribution in [0.4, 0.5) is 0 Å². The molecule has 2 rings (SSSR count). The van der Waals surface area contributed by atoms with Crippen LogP contribution in [0.15, 0.2) is 12.1 Å². The van der Waals surface area contributed by atoms with E-state index in [1.165, 1.54) is 0 Å². The largest absolute Gasteiger partial charge is 0.493 e. The maximum Gasteiger partial charge on any atom is 0.128 e. The van der Waals surface area contributed by atoms with Crippen molar-refractivity contribution >= 4 is 0 Å². The minimum absolute atomic E-state index is 0.244. The number of aryl methyl sites for hydroxylation is 2. The van der Waals surface area contributed by atoms with Crippen molar-refractivity contribution in [1.82, 2.24) is 0 Å². The van der Waals surface area contributed by atoms with E-state index in [-0.39, 0.29) is 6.54 Å². The molecular formula is C12H17NO2. The van der Waals surface area contributed by atoms with Gasteiger partial charge in [0.1, 0.15) is 11.4 Å². The number of fused-ring (bicyclic) bond motifs is 1. The predicted molar refractivity (Wildman–Crippen MR) is 59.0 cm³/mol. The molecular weight excluding hydrogens is 190 g/mol. The summed E-state index contributed by atoms with van der Waals surface area (Å²) in [6.07, 6.45) is 0.570. The zero-order valence-electron chi connectivity index (χ0n) is 9.21. The molecule has 0 amide bonds. The molecule has 1 heterocycles. The third-order valence-electron chi connectivity index (χ3n) is 3.13. The molecule has 3 nitrogen and oxygen atoms in total. The summed E-state index contributed by atoms with van der Waals surface area (Å²) >= 11 is 0. The summed E-state index contributed by atoms with van der Waals surface area (Å²) in [5.41, 5.74) is 7.73. The van der Waals surface area contributed by atoms with E-state index in [4.69, 9.17) is 10.5 Å². The summed E-state index contributed by atoms with van der Waals surface area (Å²) in [6.45, 7) is 4.74. The zero-order valence-corrected chi connectivity index (χ0v) is 9.21. The molecule has 15 heavy (non-hydrogen) atoms. The molecule has 0 bridgehead atoms. The van der Waals surface area contributed by atoms with Crippen LogP contribution in [-0.4, -0.2) is 18.3 Å². The smallest absolute Gasteiger partial charge is 0.128 e. The molecule has 1 aromatic carbocycles. The lowest BCUT2D eigenvalue weighted by atomic mass is 9.84. The molecule has 0 saturated heterocycles. The second kappa shape index (κ2) is 3.51. The molecule has 1 unspecified atom stereocenters. The van der Waals surface area contributed by atoms with E-state index in [1.54, 1.807) is 0 Å². The van der Waals surface area contributed by atoms with Crippen LogP contribution in [0, 0.1) is 13.8 Å². The third kappa shape index (κ3) is 1.52. The highest BCUT2D eigenvalue weighted by Gasteiger charge is 2.36. The van der Waals surface area contributed by atoms with Gasteiger partial charge in [-0.1, -0.05) is 12.1 Å². The number of nitrogens with two attached hydrogens (primary N) is 1. The summed E-state index contributed by atoms with van der Waals surface area (Å²) in [5.74, 6) is 0.814. The van der Waals surface area contributed by atoms with E-state index in [9.17, 15) is 5.11 Å². The van der Waals surface area contributed by atoms with Crippen LogP contribution in [0.2, 0.25) is 0 Å². The Hall–Kier alpha value is -1.06. The summed E-state index contributed by atoms with van der Waals surface area (Å²) < 4.78 is 5.62. The summed E-state index contributed by atoms with van der Waals surface area (Å²) in [4.78, 5) is 0. The van der Waals surface area contributed by atoms with Crippen molar-refractivity contribution in [2.45, 2.75) is 25.9 Å². The quantitative estimate of drug-likeness (QED) is 0.728. The van der Waals surface area contributed by atoms with Gasteiger partial charge in [0, 0.05) is 18.5 Å². The summed E-state index contributed by atoms with van der Waals surface area (Å²) in [5, 5.41) is 10.4. The van der Waals surface area contributed by atoms with Crippen LogP contribution in [0.1, 0.15) is 23.1 Å². The van der Waals surface area contributed by atoms with Gasteiger partial charge in [-0.2, -0.15) is 0 Å². The molecule has 3 heteroatoms. The lowest BCUT2D eigenvalue weighted by molar-refractivity contribution is 0.00443. The van der Waals surface area contributed by atoms with Crippen molar-refractivity contribution in [2.75, 3.05) is 13.2 Å². The molecule has 0 fully saturated rings. The average molecular weight is 207 g/mol. The Labute approximate surface area is 89.9 Å². The summed E-state index contributed by atoms with van der Waals surface area (Å²) in [7, 11) is 0. The minimum atomic E-state index is -0.913. The topological polar surface area (TPSA) is 55.5 Å². The monoisotopic (exact) mass is 207 g/mol. The Kier molecular flexibility index (Phi) is 2.44. The SMILES string of the molecule is Cc1ccc(C)c2c1OCCC2(O)CN. The van der Waals surface area contributed by atoms with Crippen molar-refractivity contribution < 1.29 is 9.84 Å². The molecule has 1 aromatic rings. The second-order valence-electron chi connectivity index (χ2n) is 4.24. The van der Waals surface area contributed by atoms with Gasteiger partial charge in [-0.3, -0.25) is 0 Å². The van der Waals surface area contributed by atoms with Crippen molar-refractivity contribution in [3.63, 3.8) is 0 Å². The molecule has 0 aromatic heterocycles. The van der Waals surface area contributed by atoms with Crippen LogP contribution < -0.4 is 10.5 Å². The number of aliphatic hydroxyl groups is 1. The van der Waals surface area contributed by atoms with Gasteiger partial charge < -0.3 is 15.6 Å². The number of hydrogen-bond acceptors (Lipinski definition) is 3. The Morgan fingerprint density at radius 3 is 2.73 bits per heavy atom. The fourth-order valence-corrected chi connectivity index (χ4v) is 2.20. The highest BCUT2D eigenvalue weighted by atomic mass is 16.5. The van der Waals surface area contributed by atoms with E-state index >= 15 is 0 Å². The zero-order chi connectivity index (χ0) is 11.1. The number of benzene rings is 1. The van der Waals surface area contributed by atoms with Crippen LogP contribution in [0.25, 0.3) is 0 Å². The lowest BCUT2D eigenvalue weighted by Crippen LogP contribution is -2.40. The first-order valence-electron chi connectivity index (χ1n) is 5.24. The molecule has 82 valence electrons. The second-order valence-corrected chi connectivity index (χ2v) is 4.24. The number of ether oxygens (including phenoxy) is 1. The van der Waals surface area contributed by atoms with E-state index in [2.05, 4.69) is 0 Å². The molecule has 1 aliphatic rings. The first-order chi connectivity index (χ1) is 7.08. The Morgan fingerprint density at radius 2 is 2.07 bits per heavy atom. The molecule has 0 saturated carbocycles. The van der Waals surface area contributed by atoms with Crippen LogP contribution in [-0.2, 0) is 5.60 Å². The maximum absolute atomic E-state index is 10.4. The first-order valence-corrected chi connectivity index (χ1v) is 5.24. The third-order valence-corrected chi connectivity index (χ3v) is 3.13. The molecule has 1 atom stereocenters. The van der Waals surface area contributed by atoms with Crippen LogP contribution in [0.5, 0.6) is 5.75 Å². The van der Waals surface area contributed by atoms with E-state index in [0.717, 1.165) is 22.4 Å². The first kappa shape index (κ1) is 10.5. The number of rotatable bonds is 1. The van der Waals surface area contributed by atoms with E-state index in [0.29, 0.717) is 13.0 Å².